The number of hydrogen-bond donors (Lipinski definition) is 3. The minimum absolute atomic E-state index is 0.165. The molecule has 0 bridgehead atoms. The molecule has 0 spiro atoms. The van der Waals surface area contributed by atoms with Gasteiger partial charge in [0.25, 0.3) is 11.8 Å². The molecule has 0 saturated carbocycles. The monoisotopic (exact) mass is 339 g/mol. The Morgan fingerprint density at radius 1 is 1.20 bits per heavy atom. The molecule has 3 N–H and O–H groups in total. The van der Waals surface area contributed by atoms with Gasteiger partial charge in [-0.3, -0.25) is 20.4 Å². The standard InChI is InChI=1S/C13H11BrFN3O2/c1-7-2-3-9(15)5-10(7)12(19)17-18-13(20)11-4-8(14)6-16-11/h2-6,16H,1H3,(H,17,19)(H,18,20). The zero-order valence-electron chi connectivity index (χ0n) is 10.5. The lowest BCUT2D eigenvalue weighted by atomic mass is 10.1. The van der Waals surface area contributed by atoms with Crippen LogP contribution in [0.15, 0.2) is 34.9 Å². The van der Waals surface area contributed by atoms with Crippen molar-refractivity contribution in [1.29, 1.82) is 0 Å². The molecule has 2 rings (SSSR count). The van der Waals surface area contributed by atoms with E-state index in [0.717, 1.165) is 10.5 Å². The van der Waals surface area contributed by atoms with Crippen LogP contribution in [0.5, 0.6) is 0 Å². The van der Waals surface area contributed by atoms with E-state index in [0.29, 0.717) is 5.56 Å². The number of aromatic nitrogens is 1. The molecule has 2 amide bonds. The molecule has 7 heteroatoms. The summed E-state index contributed by atoms with van der Waals surface area (Å²) in [4.78, 5) is 26.3. The van der Waals surface area contributed by atoms with Crippen molar-refractivity contribution in [1.82, 2.24) is 15.8 Å². The van der Waals surface area contributed by atoms with Gasteiger partial charge in [0, 0.05) is 16.2 Å². The van der Waals surface area contributed by atoms with Gasteiger partial charge in [-0.15, -0.1) is 0 Å². The van der Waals surface area contributed by atoms with Crippen LogP contribution in [0.4, 0.5) is 4.39 Å². The van der Waals surface area contributed by atoms with E-state index in [2.05, 4.69) is 31.8 Å². The normalized spacial score (nSPS) is 10.2. The smallest absolute Gasteiger partial charge is 0.286 e. The van der Waals surface area contributed by atoms with Gasteiger partial charge in [0.15, 0.2) is 0 Å². The molecular formula is C13H11BrFN3O2. The van der Waals surface area contributed by atoms with E-state index in [1.165, 1.54) is 12.1 Å². The maximum Gasteiger partial charge on any atom is 0.286 e. The highest BCUT2D eigenvalue weighted by Crippen LogP contribution is 2.11. The van der Waals surface area contributed by atoms with Crippen molar-refractivity contribution in [2.45, 2.75) is 6.92 Å². The zero-order chi connectivity index (χ0) is 14.7. The quantitative estimate of drug-likeness (QED) is 0.734. The molecular weight excluding hydrogens is 329 g/mol. The molecule has 0 saturated heterocycles. The van der Waals surface area contributed by atoms with E-state index in [4.69, 9.17) is 0 Å². The minimum atomic E-state index is -0.582. The van der Waals surface area contributed by atoms with Crippen molar-refractivity contribution < 1.29 is 14.0 Å². The first kappa shape index (κ1) is 14.3. The van der Waals surface area contributed by atoms with E-state index >= 15 is 0 Å². The summed E-state index contributed by atoms with van der Waals surface area (Å²) in [6.45, 7) is 1.68. The predicted molar refractivity (Wildman–Crippen MR) is 74.6 cm³/mol. The maximum absolute atomic E-state index is 13.1. The third-order valence-corrected chi connectivity index (χ3v) is 3.08. The molecule has 20 heavy (non-hydrogen) atoms. The zero-order valence-corrected chi connectivity index (χ0v) is 12.0. The Bertz CT molecular complexity index is 669. The van der Waals surface area contributed by atoms with Gasteiger partial charge in [0.2, 0.25) is 0 Å². The first-order valence-corrected chi connectivity index (χ1v) is 6.47. The largest absolute Gasteiger partial charge is 0.356 e. The Morgan fingerprint density at radius 3 is 2.55 bits per heavy atom. The van der Waals surface area contributed by atoms with E-state index in [9.17, 15) is 14.0 Å². The highest BCUT2D eigenvalue weighted by molar-refractivity contribution is 9.10. The van der Waals surface area contributed by atoms with Gasteiger partial charge in [-0.25, -0.2) is 4.39 Å². The van der Waals surface area contributed by atoms with Gasteiger partial charge >= 0.3 is 0 Å². The van der Waals surface area contributed by atoms with Crippen LogP contribution in [0.25, 0.3) is 0 Å². The van der Waals surface area contributed by atoms with Crippen LogP contribution in [0.3, 0.4) is 0 Å². The molecule has 0 fully saturated rings. The van der Waals surface area contributed by atoms with E-state index in [1.54, 1.807) is 19.2 Å². The number of aromatic amines is 1. The summed E-state index contributed by atoms with van der Waals surface area (Å²) in [5.41, 5.74) is 5.54. The number of hydrogen-bond acceptors (Lipinski definition) is 2. The van der Waals surface area contributed by atoms with Crippen LogP contribution in [0.1, 0.15) is 26.4 Å². The van der Waals surface area contributed by atoms with Gasteiger partial charge in [-0.2, -0.15) is 0 Å². The molecule has 0 atom stereocenters. The van der Waals surface area contributed by atoms with Gasteiger partial charge in [0.05, 0.1) is 0 Å². The number of halogens is 2. The van der Waals surface area contributed by atoms with Crippen molar-refractivity contribution >= 4 is 27.7 Å². The summed E-state index contributed by atoms with van der Waals surface area (Å²) in [5.74, 6) is -1.60. The predicted octanol–water partition coefficient (Wildman–Crippen LogP) is 2.30. The van der Waals surface area contributed by atoms with Gasteiger partial charge in [-0.1, -0.05) is 6.07 Å². The summed E-state index contributed by atoms with van der Waals surface area (Å²) in [6.07, 6.45) is 1.59. The number of amides is 2. The van der Waals surface area contributed by atoms with E-state index < -0.39 is 17.6 Å². The van der Waals surface area contributed by atoms with E-state index in [1.807, 2.05) is 0 Å². The third-order valence-electron chi connectivity index (χ3n) is 2.63. The van der Waals surface area contributed by atoms with Crippen molar-refractivity contribution in [3.8, 4) is 0 Å². The lowest BCUT2D eigenvalue weighted by Gasteiger charge is -2.08. The lowest BCUT2D eigenvalue weighted by Crippen LogP contribution is -2.42. The number of nitrogens with one attached hydrogen (secondary N) is 3. The minimum Gasteiger partial charge on any atom is -0.356 e. The molecule has 5 nitrogen and oxygen atoms in total. The van der Waals surface area contributed by atoms with Crippen LogP contribution in [0.2, 0.25) is 0 Å². The van der Waals surface area contributed by atoms with Crippen molar-refractivity contribution in [2.75, 3.05) is 0 Å². The highest BCUT2D eigenvalue weighted by atomic mass is 79.9. The van der Waals surface area contributed by atoms with Crippen molar-refractivity contribution in [3.63, 3.8) is 0 Å². The fourth-order valence-corrected chi connectivity index (χ4v) is 1.93. The molecule has 0 aliphatic carbocycles. The van der Waals surface area contributed by atoms with Crippen LogP contribution in [0, 0.1) is 12.7 Å². The summed E-state index contributed by atoms with van der Waals surface area (Å²) >= 11 is 3.19. The third kappa shape index (κ3) is 3.24. The first-order chi connectivity index (χ1) is 9.47. The fraction of sp³-hybridized carbons (Fsp3) is 0.0769. The Kier molecular flexibility index (Phi) is 4.19. The van der Waals surface area contributed by atoms with Gasteiger partial charge in [-0.05, 0) is 46.6 Å². The summed E-state index contributed by atoms with van der Waals surface area (Å²) in [6, 6.07) is 5.44. The number of hydrazine groups is 1. The van der Waals surface area contributed by atoms with E-state index in [-0.39, 0.29) is 11.3 Å². The molecule has 104 valence electrons. The Hall–Kier alpha value is -2.15. The molecule has 0 aliphatic rings. The summed E-state index contributed by atoms with van der Waals surface area (Å²) < 4.78 is 13.8. The summed E-state index contributed by atoms with van der Waals surface area (Å²) in [5, 5.41) is 0. The molecule has 1 aromatic carbocycles. The number of aryl methyl sites for hydroxylation is 1. The molecule has 1 heterocycles. The number of carbonyl (C=O) groups is 2. The Morgan fingerprint density at radius 2 is 1.90 bits per heavy atom. The topological polar surface area (TPSA) is 74.0 Å². The highest BCUT2D eigenvalue weighted by Gasteiger charge is 2.12. The molecule has 0 unspecified atom stereocenters. The summed E-state index contributed by atoms with van der Waals surface area (Å²) in [7, 11) is 0. The van der Waals surface area contributed by atoms with Crippen LogP contribution < -0.4 is 10.9 Å². The molecule has 1 aromatic heterocycles. The molecule has 2 aromatic rings. The van der Waals surface area contributed by atoms with Crippen LogP contribution in [-0.4, -0.2) is 16.8 Å². The average Bonchev–Trinajstić information content (AvgIpc) is 2.85. The van der Waals surface area contributed by atoms with Gasteiger partial charge < -0.3 is 4.98 Å². The first-order valence-electron chi connectivity index (χ1n) is 5.68. The van der Waals surface area contributed by atoms with Crippen molar-refractivity contribution in [2.24, 2.45) is 0 Å². The number of rotatable bonds is 2. The Labute approximate surface area is 122 Å². The maximum atomic E-state index is 13.1. The number of H-pyrrole nitrogens is 1. The fourth-order valence-electron chi connectivity index (χ4n) is 1.59. The molecule has 0 aliphatic heterocycles. The van der Waals surface area contributed by atoms with Gasteiger partial charge in [0.1, 0.15) is 11.5 Å². The van der Waals surface area contributed by atoms with Crippen LogP contribution in [-0.2, 0) is 0 Å². The lowest BCUT2D eigenvalue weighted by molar-refractivity contribution is 0.0843. The number of benzene rings is 1. The number of carbonyl (C=O) groups excluding carboxylic acids is 2. The second kappa shape index (κ2) is 5.87. The SMILES string of the molecule is Cc1ccc(F)cc1C(=O)NNC(=O)c1cc(Br)c[nH]1. The molecule has 0 radical (unpaired) electrons. The average molecular weight is 340 g/mol. The Balaban J connectivity index is 2.02. The second-order valence-electron chi connectivity index (χ2n) is 4.10. The second-order valence-corrected chi connectivity index (χ2v) is 5.01. The van der Waals surface area contributed by atoms with Crippen LogP contribution >= 0.6 is 15.9 Å². The van der Waals surface area contributed by atoms with Crippen molar-refractivity contribution in [3.05, 3.63) is 57.6 Å².